The van der Waals surface area contributed by atoms with E-state index in [1.807, 2.05) is 13.8 Å². The van der Waals surface area contributed by atoms with Crippen LogP contribution in [-0.2, 0) is 14.3 Å². The van der Waals surface area contributed by atoms with E-state index >= 15 is 0 Å². The summed E-state index contributed by atoms with van der Waals surface area (Å²) < 4.78 is 5.30. The van der Waals surface area contributed by atoms with Gasteiger partial charge in [0.2, 0.25) is 0 Å². The molecular weight excluding hydrogens is 274 g/mol. The highest BCUT2D eigenvalue weighted by atomic mass is 79.9. The first-order valence-electron chi connectivity index (χ1n) is 4.61. The van der Waals surface area contributed by atoms with Crippen molar-refractivity contribution in [2.75, 3.05) is 12.4 Å². The molecule has 1 aromatic carbocycles. The van der Waals surface area contributed by atoms with Crippen LogP contribution >= 0.6 is 15.9 Å². The van der Waals surface area contributed by atoms with Gasteiger partial charge in [-0.3, -0.25) is 4.79 Å². The zero-order chi connectivity index (χ0) is 12.3. The molecule has 16 heavy (non-hydrogen) atoms. The minimum absolute atomic E-state index is 0.577. The Balaban J connectivity index is 2.91. The minimum Gasteiger partial charge on any atom is -0.462 e. The monoisotopic (exact) mass is 285 g/mol. The Bertz CT molecular complexity index is 420. The van der Waals surface area contributed by atoms with Gasteiger partial charge in [-0.15, -0.1) is 0 Å². The molecule has 0 aliphatic carbocycles. The van der Waals surface area contributed by atoms with Crippen molar-refractivity contribution in [2.24, 2.45) is 0 Å². The van der Waals surface area contributed by atoms with Crippen molar-refractivity contribution < 1.29 is 14.3 Å². The number of rotatable bonds is 1. The minimum atomic E-state index is -0.904. The number of nitrogens with one attached hydrogen (secondary N) is 1. The van der Waals surface area contributed by atoms with Crippen LogP contribution in [0.2, 0.25) is 0 Å². The second-order valence-electron chi connectivity index (χ2n) is 3.37. The van der Waals surface area contributed by atoms with Gasteiger partial charge in [-0.2, -0.15) is 0 Å². The third-order valence-electron chi connectivity index (χ3n) is 2.07. The topological polar surface area (TPSA) is 55.4 Å². The van der Waals surface area contributed by atoms with Gasteiger partial charge in [0.1, 0.15) is 0 Å². The van der Waals surface area contributed by atoms with Gasteiger partial charge in [-0.1, -0.05) is 15.9 Å². The van der Waals surface area contributed by atoms with Crippen molar-refractivity contribution in [3.8, 4) is 0 Å². The number of esters is 1. The van der Waals surface area contributed by atoms with E-state index in [0.717, 1.165) is 15.6 Å². The summed E-state index contributed by atoms with van der Waals surface area (Å²) in [6, 6.07) is 3.55. The second kappa shape index (κ2) is 5.12. The first-order chi connectivity index (χ1) is 7.45. The Labute approximate surface area is 102 Å². The molecule has 0 aromatic heterocycles. The summed E-state index contributed by atoms with van der Waals surface area (Å²) in [7, 11) is 1.17. The van der Waals surface area contributed by atoms with E-state index in [9.17, 15) is 9.59 Å². The highest BCUT2D eigenvalue weighted by Crippen LogP contribution is 2.24. The molecule has 0 bridgehead atoms. The van der Waals surface area contributed by atoms with Crippen LogP contribution in [0.3, 0.4) is 0 Å². The number of anilines is 1. The van der Waals surface area contributed by atoms with Crippen LogP contribution in [0.5, 0.6) is 0 Å². The van der Waals surface area contributed by atoms with Gasteiger partial charge in [-0.25, -0.2) is 4.79 Å². The van der Waals surface area contributed by atoms with Crippen LogP contribution in [0.15, 0.2) is 16.6 Å². The molecule has 0 aliphatic heterocycles. The van der Waals surface area contributed by atoms with Crippen molar-refractivity contribution in [3.63, 3.8) is 0 Å². The predicted molar refractivity (Wildman–Crippen MR) is 64.3 cm³/mol. The standard InChI is InChI=1S/C11H12BrNO3/c1-6-4-8(5-7(2)9(6)12)13-10(14)11(15)16-3/h4-5H,1-3H3,(H,13,14). The molecule has 0 spiro atoms. The molecule has 0 saturated heterocycles. The molecule has 1 rings (SSSR count). The fourth-order valence-corrected chi connectivity index (χ4v) is 1.52. The lowest BCUT2D eigenvalue weighted by Gasteiger charge is -2.08. The molecule has 5 heteroatoms. The lowest BCUT2D eigenvalue weighted by molar-refractivity contribution is -0.150. The highest BCUT2D eigenvalue weighted by molar-refractivity contribution is 9.10. The maximum atomic E-state index is 11.3. The normalized spacial score (nSPS) is 9.75. The SMILES string of the molecule is COC(=O)C(=O)Nc1cc(C)c(Br)c(C)c1. The van der Waals surface area contributed by atoms with E-state index in [1.165, 1.54) is 7.11 Å². The summed E-state index contributed by atoms with van der Waals surface area (Å²) in [5.41, 5.74) is 2.55. The van der Waals surface area contributed by atoms with Gasteiger partial charge in [-0.05, 0) is 37.1 Å². The van der Waals surface area contributed by atoms with Crippen LogP contribution in [0, 0.1) is 13.8 Å². The Morgan fingerprint density at radius 3 is 2.19 bits per heavy atom. The molecule has 0 aliphatic rings. The summed E-state index contributed by atoms with van der Waals surface area (Å²) in [4.78, 5) is 22.2. The number of hydrogen-bond donors (Lipinski definition) is 1. The van der Waals surface area contributed by atoms with E-state index in [0.29, 0.717) is 5.69 Å². The third-order valence-corrected chi connectivity index (χ3v) is 3.32. The van der Waals surface area contributed by atoms with Crippen LogP contribution in [-0.4, -0.2) is 19.0 Å². The fourth-order valence-electron chi connectivity index (χ4n) is 1.29. The summed E-state index contributed by atoms with van der Waals surface area (Å²) >= 11 is 3.42. The Morgan fingerprint density at radius 2 is 1.75 bits per heavy atom. The number of methoxy groups -OCH3 is 1. The molecule has 0 saturated carbocycles. The lowest BCUT2D eigenvalue weighted by atomic mass is 10.1. The average Bonchev–Trinajstić information content (AvgIpc) is 2.24. The van der Waals surface area contributed by atoms with Crippen molar-refractivity contribution in [3.05, 3.63) is 27.7 Å². The Kier molecular flexibility index (Phi) is 4.06. The zero-order valence-electron chi connectivity index (χ0n) is 9.26. The summed E-state index contributed by atoms with van der Waals surface area (Å²) in [5, 5.41) is 2.47. The fraction of sp³-hybridized carbons (Fsp3) is 0.273. The van der Waals surface area contributed by atoms with E-state index < -0.39 is 11.9 Å². The third kappa shape index (κ3) is 2.82. The molecule has 1 aromatic rings. The van der Waals surface area contributed by atoms with E-state index in [-0.39, 0.29) is 0 Å². The number of ether oxygens (including phenoxy) is 1. The molecule has 0 unspecified atom stereocenters. The lowest BCUT2D eigenvalue weighted by Crippen LogP contribution is -2.23. The molecule has 0 fully saturated rings. The van der Waals surface area contributed by atoms with Crippen molar-refractivity contribution in [2.45, 2.75) is 13.8 Å². The van der Waals surface area contributed by atoms with Gasteiger partial charge < -0.3 is 10.1 Å². The summed E-state index contributed by atoms with van der Waals surface area (Å²) in [5.74, 6) is -1.68. The number of carbonyl (C=O) groups excluding carboxylic acids is 2. The number of benzene rings is 1. The van der Waals surface area contributed by atoms with Crippen LogP contribution in [0.4, 0.5) is 5.69 Å². The first kappa shape index (κ1) is 12.7. The first-order valence-corrected chi connectivity index (χ1v) is 5.41. The van der Waals surface area contributed by atoms with E-state index in [1.54, 1.807) is 12.1 Å². The average molecular weight is 286 g/mol. The summed E-state index contributed by atoms with van der Waals surface area (Å²) in [6.45, 7) is 3.82. The van der Waals surface area contributed by atoms with Crippen LogP contribution in [0.1, 0.15) is 11.1 Å². The number of hydrogen-bond acceptors (Lipinski definition) is 3. The number of amides is 1. The molecule has 1 amide bonds. The number of aryl methyl sites for hydroxylation is 2. The van der Waals surface area contributed by atoms with Gasteiger partial charge in [0.15, 0.2) is 0 Å². The molecule has 86 valence electrons. The van der Waals surface area contributed by atoms with E-state index in [4.69, 9.17) is 0 Å². The molecular formula is C11H12BrNO3. The molecule has 1 N–H and O–H groups in total. The largest absolute Gasteiger partial charge is 0.462 e. The van der Waals surface area contributed by atoms with Crippen LogP contribution in [0.25, 0.3) is 0 Å². The molecule has 0 radical (unpaired) electrons. The summed E-state index contributed by atoms with van der Waals surface area (Å²) in [6.07, 6.45) is 0. The Morgan fingerprint density at radius 1 is 1.25 bits per heavy atom. The van der Waals surface area contributed by atoms with Gasteiger partial charge in [0.25, 0.3) is 0 Å². The maximum absolute atomic E-state index is 11.3. The maximum Gasteiger partial charge on any atom is 0.396 e. The van der Waals surface area contributed by atoms with Gasteiger partial charge >= 0.3 is 11.9 Å². The van der Waals surface area contributed by atoms with Gasteiger partial charge in [0, 0.05) is 10.2 Å². The second-order valence-corrected chi connectivity index (χ2v) is 4.16. The highest BCUT2D eigenvalue weighted by Gasteiger charge is 2.14. The van der Waals surface area contributed by atoms with Crippen molar-refractivity contribution in [1.82, 2.24) is 0 Å². The van der Waals surface area contributed by atoms with Crippen molar-refractivity contribution in [1.29, 1.82) is 0 Å². The zero-order valence-corrected chi connectivity index (χ0v) is 10.8. The molecule has 4 nitrogen and oxygen atoms in total. The van der Waals surface area contributed by atoms with Crippen LogP contribution < -0.4 is 5.32 Å². The molecule has 0 heterocycles. The van der Waals surface area contributed by atoms with Gasteiger partial charge in [0.05, 0.1) is 7.11 Å². The smallest absolute Gasteiger partial charge is 0.396 e. The number of carbonyl (C=O) groups is 2. The van der Waals surface area contributed by atoms with E-state index in [2.05, 4.69) is 26.0 Å². The number of halogens is 1. The molecule has 0 atom stereocenters. The Hall–Kier alpha value is -1.36. The predicted octanol–water partition coefficient (Wildman–Crippen LogP) is 2.18. The van der Waals surface area contributed by atoms with Crippen molar-refractivity contribution >= 4 is 33.5 Å². The quantitative estimate of drug-likeness (QED) is 0.636.